The fourth-order valence-electron chi connectivity index (χ4n) is 3.14. The van der Waals surface area contributed by atoms with Crippen LogP contribution in [0.15, 0.2) is 59.8 Å². The van der Waals surface area contributed by atoms with Crippen molar-refractivity contribution in [3.8, 4) is 11.4 Å². The highest BCUT2D eigenvalue weighted by Gasteiger charge is 2.33. The summed E-state index contributed by atoms with van der Waals surface area (Å²) >= 11 is 12.0. The molecule has 2 aromatic carbocycles. The van der Waals surface area contributed by atoms with Gasteiger partial charge in [-0.05, 0) is 48.9 Å². The van der Waals surface area contributed by atoms with Crippen LogP contribution in [-0.2, 0) is 4.79 Å². The van der Waals surface area contributed by atoms with E-state index in [2.05, 4.69) is 15.4 Å². The maximum absolute atomic E-state index is 12.2. The van der Waals surface area contributed by atoms with Crippen LogP contribution in [0.5, 0.6) is 0 Å². The summed E-state index contributed by atoms with van der Waals surface area (Å²) in [4.78, 5) is 16.7. The number of hydrogen-bond donors (Lipinski definition) is 2. The lowest BCUT2D eigenvalue weighted by Gasteiger charge is -2.27. The quantitative estimate of drug-likeness (QED) is 0.695. The number of hydrogen-bond acceptors (Lipinski definition) is 4. The highest BCUT2D eigenvalue weighted by molar-refractivity contribution is 6.30. The Morgan fingerprint density at radius 1 is 1.07 bits per heavy atom. The Kier molecular flexibility index (Phi) is 4.37. The van der Waals surface area contributed by atoms with E-state index in [-0.39, 0.29) is 0 Å². The maximum Gasteiger partial charge on any atom is 0.248 e. The monoisotopic (exact) mass is 399 g/mol. The molecule has 0 spiro atoms. The minimum atomic E-state index is -0.519. The van der Waals surface area contributed by atoms with Gasteiger partial charge in [-0.3, -0.25) is 4.79 Å². The Labute approximate surface area is 165 Å². The summed E-state index contributed by atoms with van der Waals surface area (Å²) in [7, 11) is 0. The molecule has 3 aromatic rings. The number of rotatable bonds is 3. The molecule has 1 unspecified atom stereocenters. The lowest BCUT2D eigenvalue weighted by molar-refractivity contribution is -0.115. The molecule has 1 aromatic heterocycles. The van der Waals surface area contributed by atoms with Crippen molar-refractivity contribution in [2.45, 2.75) is 13.0 Å². The molecule has 0 bridgehead atoms. The van der Waals surface area contributed by atoms with Crippen LogP contribution in [0.25, 0.3) is 11.4 Å². The molecule has 4 rings (SSSR count). The van der Waals surface area contributed by atoms with E-state index in [1.165, 1.54) is 0 Å². The number of carbonyl (C=O) groups is 1. The second-order valence-corrected chi connectivity index (χ2v) is 7.07. The lowest BCUT2D eigenvalue weighted by atomic mass is 9.95. The molecular weight excluding hydrogens is 385 g/mol. The zero-order chi connectivity index (χ0) is 19.1. The number of fused-ring (bicyclic) bond motifs is 1. The van der Waals surface area contributed by atoms with Crippen molar-refractivity contribution in [2.24, 2.45) is 5.73 Å². The molecule has 2 heterocycles. The Balaban J connectivity index is 1.87. The van der Waals surface area contributed by atoms with Gasteiger partial charge < -0.3 is 11.1 Å². The fraction of sp³-hybridized carbons (Fsp3) is 0.105. The van der Waals surface area contributed by atoms with Crippen molar-refractivity contribution < 1.29 is 4.79 Å². The topological polar surface area (TPSA) is 85.8 Å². The van der Waals surface area contributed by atoms with Gasteiger partial charge in [-0.1, -0.05) is 35.3 Å². The smallest absolute Gasteiger partial charge is 0.248 e. The Morgan fingerprint density at radius 2 is 1.67 bits per heavy atom. The van der Waals surface area contributed by atoms with E-state index in [9.17, 15) is 4.79 Å². The molecule has 0 fully saturated rings. The third-order valence-corrected chi connectivity index (χ3v) is 4.91. The van der Waals surface area contributed by atoms with Gasteiger partial charge in [-0.2, -0.15) is 4.98 Å². The summed E-state index contributed by atoms with van der Waals surface area (Å²) in [6.45, 7) is 1.79. The predicted molar refractivity (Wildman–Crippen MR) is 106 cm³/mol. The first kappa shape index (κ1) is 17.6. The summed E-state index contributed by atoms with van der Waals surface area (Å²) < 4.78 is 1.67. The number of nitrogens with two attached hydrogens (primary N) is 1. The zero-order valence-electron chi connectivity index (χ0n) is 14.3. The van der Waals surface area contributed by atoms with Crippen LogP contribution >= 0.6 is 23.2 Å². The second kappa shape index (κ2) is 6.72. The Morgan fingerprint density at radius 3 is 2.26 bits per heavy atom. The first-order valence-electron chi connectivity index (χ1n) is 8.19. The molecule has 27 heavy (non-hydrogen) atoms. The number of allylic oxidation sites excluding steroid dienone is 1. The highest BCUT2D eigenvalue weighted by Crippen LogP contribution is 2.36. The number of halogens is 2. The van der Waals surface area contributed by atoms with Crippen molar-refractivity contribution in [2.75, 3.05) is 5.32 Å². The molecule has 6 nitrogen and oxygen atoms in total. The molecule has 0 saturated heterocycles. The first-order chi connectivity index (χ1) is 12.9. The predicted octanol–water partition coefficient (Wildman–Crippen LogP) is 4.03. The SMILES string of the molecule is CC1=C(C(N)=O)C(c2ccc(Cl)cc2)n2nc(-c3ccc(Cl)cc3)nc2N1. The average molecular weight is 400 g/mol. The average Bonchev–Trinajstić information content (AvgIpc) is 3.05. The van der Waals surface area contributed by atoms with Crippen molar-refractivity contribution in [1.82, 2.24) is 14.8 Å². The van der Waals surface area contributed by atoms with Crippen LogP contribution in [0.3, 0.4) is 0 Å². The number of nitrogens with zero attached hydrogens (tertiary/aromatic N) is 3. The van der Waals surface area contributed by atoms with Gasteiger partial charge in [0.15, 0.2) is 5.82 Å². The molecular formula is C19H15Cl2N5O. The van der Waals surface area contributed by atoms with E-state index in [4.69, 9.17) is 28.9 Å². The van der Waals surface area contributed by atoms with Crippen LogP contribution < -0.4 is 11.1 Å². The number of amides is 1. The molecule has 0 radical (unpaired) electrons. The standard InChI is InChI=1S/C19H15Cl2N5O/c1-10-15(17(22)27)16(11-2-6-13(20)7-3-11)26-19(23-10)24-18(25-26)12-4-8-14(21)9-5-12/h2-9,16H,1H3,(H2,22,27)(H,23,24,25). The maximum atomic E-state index is 12.2. The van der Waals surface area contributed by atoms with Crippen LogP contribution in [0, 0.1) is 0 Å². The van der Waals surface area contributed by atoms with Crippen molar-refractivity contribution in [3.05, 3.63) is 75.4 Å². The van der Waals surface area contributed by atoms with Crippen molar-refractivity contribution in [1.29, 1.82) is 0 Å². The summed E-state index contributed by atoms with van der Waals surface area (Å²) in [6.07, 6.45) is 0. The molecule has 1 amide bonds. The van der Waals surface area contributed by atoms with Gasteiger partial charge in [-0.25, -0.2) is 4.68 Å². The van der Waals surface area contributed by atoms with E-state index in [0.717, 1.165) is 11.1 Å². The van der Waals surface area contributed by atoms with Gasteiger partial charge in [0, 0.05) is 21.3 Å². The molecule has 8 heteroatoms. The largest absolute Gasteiger partial charge is 0.366 e. The van der Waals surface area contributed by atoms with E-state index in [1.807, 2.05) is 24.3 Å². The number of aromatic nitrogens is 3. The minimum Gasteiger partial charge on any atom is -0.366 e. The van der Waals surface area contributed by atoms with Gasteiger partial charge in [0.1, 0.15) is 6.04 Å². The van der Waals surface area contributed by atoms with Gasteiger partial charge in [0.25, 0.3) is 0 Å². The summed E-state index contributed by atoms with van der Waals surface area (Å²) in [5.41, 5.74) is 8.39. The molecule has 3 N–H and O–H groups in total. The van der Waals surface area contributed by atoms with Crippen molar-refractivity contribution >= 4 is 35.1 Å². The molecule has 1 aliphatic heterocycles. The van der Waals surface area contributed by atoms with E-state index in [0.29, 0.717) is 33.1 Å². The van der Waals surface area contributed by atoms with Gasteiger partial charge >= 0.3 is 0 Å². The van der Waals surface area contributed by atoms with E-state index in [1.54, 1.807) is 35.9 Å². The lowest BCUT2D eigenvalue weighted by Crippen LogP contribution is -2.31. The normalized spacial score (nSPS) is 16.0. The molecule has 136 valence electrons. The highest BCUT2D eigenvalue weighted by atomic mass is 35.5. The molecule has 0 aliphatic carbocycles. The van der Waals surface area contributed by atoms with E-state index < -0.39 is 11.9 Å². The molecule has 1 aliphatic rings. The van der Waals surface area contributed by atoms with Crippen molar-refractivity contribution in [3.63, 3.8) is 0 Å². The number of anilines is 1. The van der Waals surface area contributed by atoms with Crippen LogP contribution in [0.1, 0.15) is 18.5 Å². The summed E-state index contributed by atoms with van der Waals surface area (Å²) in [6, 6.07) is 14.0. The molecule has 1 atom stereocenters. The number of nitrogens with one attached hydrogen (secondary N) is 1. The summed E-state index contributed by atoms with van der Waals surface area (Å²) in [5, 5.41) is 8.98. The van der Waals surface area contributed by atoms with Crippen LogP contribution in [-0.4, -0.2) is 20.7 Å². The van der Waals surface area contributed by atoms with E-state index >= 15 is 0 Å². The first-order valence-corrected chi connectivity index (χ1v) is 8.95. The minimum absolute atomic E-state index is 0.428. The van der Waals surface area contributed by atoms with Gasteiger partial charge in [0.05, 0.1) is 5.57 Å². The second-order valence-electron chi connectivity index (χ2n) is 6.19. The number of primary amides is 1. The summed E-state index contributed by atoms with van der Waals surface area (Å²) in [5.74, 6) is 0.531. The number of benzene rings is 2. The third kappa shape index (κ3) is 3.18. The number of carbonyl (C=O) groups excluding carboxylic acids is 1. The van der Waals surface area contributed by atoms with Crippen LogP contribution in [0.2, 0.25) is 10.0 Å². The third-order valence-electron chi connectivity index (χ3n) is 4.41. The van der Waals surface area contributed by atoms with Gasteiger partial charge in [0.2, 0.25) is 11.9 Å². The van der Waals surface area contributed by atoms with Gasteiger partial charge in [-0.15, -0.1) is 5.10 Å². The van der Waals surface area contributed by atoms with Crippen LogP contribution in [0.4, 0.5) is 5.95 Å². The Hall–Kier alpha value is -2.83. The molecule has 0 saturated carbocycles. The Bertz CT molecular complexity index is 1050. The zero-order valence-corrected chi connectivity index (χ0v) is 15.8. The fourth-order valence-corrected chi connectivity index (χ4v) is 3.40.